The van der Waals surface area contributed by atoms with E-state index in [1.54, 1.807) is 0 Å². The Morgan fingerprint density at radius 2 is 0.815 bits per heavy atom. The summed E-state index contributed by atoms with van der Waals surface area (Å²) in [6.07, 6.45) is 3.98. The summed E-state index contributed by atoms with van der Waals surface area (Å²) in [4.78, 5) is 3.13. The quantitative estimate of drug-likeness (QED) is 0.405. The van der Waals surface area contributed by atoms with Crippen molar-refractivity contribution in [3.63, 3.8) is 0 Å². The Kier molecular flexibility index (Phi) is 5.12. The van der Waals surface area contributed by atoms with Crippen LogP contribution in [-0.2, 0) is 0 Å². The normalized spacial score (nSPS) is 10.2. The minimum absolute atomic E-state index is 1.18. The maximum Gasteiger partial charge on any atom is 0.00841 e. The molecule has 0 atom stereocenters. The fraction of sp³-hybridized carbons (Fsp3) is 0. The highest BCUT2D eigenvalue weighted by Crippen LogP contribution is 2.25. The van der Waals surface area contributed by atoms with Gasteiger partial charge in [-0.25, -0.2) is 0 Å². The zero-order valence-corrected chi connectivity index (χ0v) is 15.0. The third-order valence-electron chi connectivity index (χ3n) is 4.56. The molecule has 1 heterocycles. The average Bonchev–Trinajstić information content (AvgIpc) is 3.27. The van der Waals surface area contributed by atoms with E-state index < -0.39 is 0 Å². The van der Waals surface area contributed by atoms with E-state index in [2.05, 4.69) is 108 Å². The molecule has 130 valence electrons. The summed E-state index contributed by atoms with van der Waals surface area (Å²) in [6.45, 7) is 0. The average molecular weight is 347 g/mol. The highest BCUT2D eigenvalue weighted by atomic mass is 14.6. The summed E-state index contributed by atoms with van der Waals surface area (Å²) in [6, 6.07) is 38.2. The second-order valence-electron chi connectivity index (χ2n) is 6.39. The van der Waals surface area contributed by atoms with Crippen molar-refractivity contribution in [2.75, 3.05) is 0 Å². The predicted molar refractivity (Wildman–Crippen MR) is 115 cm³/mol. The molecule has 4 aromatic rings. The van der Waals surface area contributed by atoms with Crippen molar-refractivity contribution in [2.24, 2.45) is 0 Å². The predicted octanol–water partition coefficient (Wildman–Crippen LogP) is 7.14. The van der Waals surface area contributed by atoms with E-state index in [0.29, 0.717) is 0 Å². The van der Waals surface area contributed by atoms with E-state index in [4.69, 9.17) is 0 Å². The van der Waals surface area contributed by atoms with Crippen LogP contribution >= 0.6 is 0 Å². The van der Waals surface area contributed by atoms with Crippen molar-refractivity contribution < 1.29 is 0 Å². The van der Waals surface area contributed by atoms with Crippen LogP contribution in [0.1, 0.15) is 0 Å². The van der Waals surface area contributed by atoms with Gasteiger partial charge < -0.3 is 4.98 Å². The molecule has 0 unspecified atom stereocenters. The molecule has 4 rings (SSSR count). The monoisotopic (exact) mass is 347 g/mol. The van der Waals surface area contributed by atoms with E-state index in [1.165, 1.54) is 33.4 Å². The van der Waals surface area contributed by atoms with Crippen molar-refractivity contribution >= 4 is 0 Å². The lowest BCUT2D eigenvalue weighted by Crippen LogP contribution is -1.79. The third kappa shape index (κ3) is 4.16. The van der Waals surface area contributed by atoms with Crippen LogP contribution in [0.3, 0.4) is 0 Å². The zero-order chi connectivity index (χ0) is 18.3. The first-order valence-electron chi connectivity index (χ1n) is 9.12. The number of aromatic amines is 1. The summed E-state index contributed by atoms with van der Waals surface area (Å²) in [5.41, 5.74) is 7.21. The highest BCUT2D eigenvalue weighted by Gasteiger charge is 2.01. The lowest BCUT2D eigenvalue weighted by molar-refractivity contribution is 1.41. The molecule has 0 radical (unpaired) electrons. The SMILES string of the molecule is c1ccc(-c2cccccc(-c3cccc(-c4cc[nH]c4)c3)ccc2)cc1. The molecule has 0 saturated carbocycles. The molecular weight excluding hydrogens is 326 g/mol. The number of benzene rings is 2. The van der Waals surface area contributed by atoms with E-state index >= 15 is 0 Å². The van der Waals surface area contributed by atoms with Crippen LogP contribution in [0.25, 0.3) is 33.4 Å². The van der Waals surface area contributed by atoms with E-state index in [0.717, 1.165) is 0 Å². The van der Waals surface area contributed by atoms with Crippen LogP contribution in [0.4, 0.5) is 0 Å². The van der Waals surface area contributed by atoms with Gasteiger partial charge in [-0.2, -0.15) is 0 Å². The van der Waals surface area contributed by atoms with E-state index in [9.17, 15) is 0 Å². The summed E-state index contributed by atoms with van der Waals surface area (Å²) in [5.74, 6) is 0. The molecule has 0 aliphatic carbocycles. The first kappa shape index (κ1) is 16.9. The molecule has 3 aromatic carbocycles. The van der Waals surface area contributed by atoms with Gasteiger partial charge in [-0.15, -0.1) is 0 Å². The molecule has 0 fully saturated rings. The number of nitrogens with one attached hydrogen (secondary N) is 1. The number of hydrogen-bond donors (Lipinski definition) is 1. The van der Waals surface area contributed by atoms with Crippen molar-refractivity contribution in [3.8, 4) is 33.4 Å². The lowest BCUT2D eigenvalue weighted by Gasteiger charge is -2.04. The van der Waals surface area contributed by atoms with Gasteiger partial charge >= 0.3 is 0 Å². The Morgan fingerprint density at radius 3 is 1.33 bits per heavy atom. The lowest BCUT2D eigenvalue weighted by atomic mass is 10.0. The summed E-state index contributed by atoms with van der Waals surface area (Å²) in [5, 5.41) is 0. The summed E-state index contributed by atoms with van der Waals surface area (Å²) < 4.78 is 0. The molecule has 0 spiro atoms. The van der Waals surface area contributed by atoms with Crippen LogP contribution in [0.2, 0.25) is 0 Å². The van der Waals surface area contributed by atoms with Gasteiger partial charge in [0, 0.05) is 12.4 Å². The summed E-state index contributed by atoms with van der Waals surface area (Å²) >= 11 is 0. The van der Waals surface area contributed by atoms with E-state index in [1.807, 2.05) is 18.5 Å². The zero-order valence-electron chi connectivity index (χ0n) is 15.0. The van der Waals surface area contributed by atoms with E-state index in [-0.39, 0.29) is 0 Å². The Hall–Kier alpha value is -3.58. The Morgan fingerprint density at radius 1 is 0.370 bits per heavy atom. The standard InChI is InChI=1S/C26H21N/c1-3-9-21(10-4-1)22-11-5-2-6-12-23(14-7-13-22)24-15-8-16-25(19-24)26-17-18-27-20-26/h1-20,27H. The molecule has 1 nitrogen and oxygen atoms in total. The fourth-order valence-corrected chi connectivity index (χ4v) is 3.15. The fourth-order valence-electron chi connectivity index (χ4n) is 3.15. The van der Waals surface area contributed by atoms with Gasteiger partial charge in [-0.05, 0) is 45.5 Å². The van der Waals surface area contributed by atoms with Crippen molar-refractivity contribution in [1.82, 2.24) is 4.98 Å². The van der Waals surface area contributed by atoms with Gasteiger partial charge in [0.1, 0.15) is 0 Å². The summed E-state index contributed by atoms with van der Waals surface area (Å²) in [7, 11) is 0. The van der Waals surface area contributed by atoms with Gasteiger partial charge in [0.05, 0.1) is 0 Å². The topological polar surface area (TPSA) is 15.8 Å². The maximum absolute atomic E-state index is 3.13. The van der Waals surface area contributed by atoms with Gasteiger partial charge in [-0.3, -0.25) is 0 Å². The Labute approximate surface area is 160 Å². The molecule has 0 aliphatic heterocycles. The molecular formula is C26H21N. The van der Waals surface area contributed by atoms with Crippen molar-refractivity contribution in [2.45, 2.75) is 0 Å². The smallest absolute Gasteiger partial charge is 0.00841 e. The number of rotatable bonds is 3. The van der Waals surface area contributed by atoms with Crippen LogP contribution in [0, 0.1) is 0 Å². The second kappa shape index (κ2) is 8.20. The molecule has 0 bridgehead atoms. The van der Waals surface area contributed by atoms with Gasteiger partial charge in [-0.1, -0.05) is 97.1 Å². The highest BCUT2D eigenvalue weighted by molar-refractivity contribution is 5.72. The van der Waals surface area contributed by atoms with Crippen LogP contribution in [-0.4, -0.2) is 4.98 Å². The number of H-pyrrole nitrogens is 1. The van der Waals surface area contributed by atoms with Crippen molar-refractivity contribution in [3.05, 3.63) is 122 Å². The van der Waals surface area contributed by atoms with Gasteiger partial charge in [0.2, 0.25) is 0 Å². The molecule has 0 saturated heterocycles. The third-order valence-corrected chi connectivity index (χ3v) is 4.56. The molecule has 0 amide bonds. The molecule has 0 aliphatic rings. The van der Waals surface area contributed by atoms with Gasteiger partial charge in [0.25, 0.3) is 0 Å². The maximum atomic E-state index is 3.13. The first-order chi connectivity index (χ1) is 13.4. The Bertz CT molecular complexity index is 1060. The van der Waals surface area contributed by atoms with Crippen LogP contribution < -0.4 is 0 Å². The minimum Gasteiger partial charge on any atom is -0.367 e. The number of aromatic nitrogens is 1. The van der Waals surface area contributed by atoms with Crippen LogP contribution in [0.15, 0.2) is 122 Å². The molecule has 1 aromatic heterocycles. The minimum atomic E-state index is 1.18. The molecule has 27 heavy (non-hydrogen) atoms. The van der Waals surface area contributed by atoms with Crippen LogP contribution in [0.5, 0.6) is 0 Å². The van der Waals surface area contributed by atoms with Crippen molar-refractivity contribution in [1.29, 1.82) is 0 Å². The molecule has 1 N–H and O–H groups in total. The Balaban J connectivity index is 1.76. The van der Waals surface area contributed by atoms with Gasteiger partial charge in [0.15, 0.2) is 0 Å². The molecule has 1 heteroatoms. The first-order valence-corrected chi connectivity index (χ1v) is 9.12. The second-order valence-corrected chi connectivity index (χ2v) is 6.39. The number of hydrogen-bond acceptors (Lipinski definition) is 0. The largest absolute Gasteiger partial charge is 0.367 e.